The van der Waals surface area contributed by atoms with Crippen molar-refractivity contribution in [1.82, 2.24) is 9.13 Å². The molecule has 14 heavy (non-hydrogen) atoms. The zero-order chi connectivity index (χ0) is 10.9. The molecule has 0 bridgehead atoms. The van der Waals surface area contributed by atoms with Gasteiger partial charge in [-0.1, -0.05) is 0 Å². The van der Waals surface area contributed by atoms with Crippen molar-refractivity contribution >= 4 is 0 Å². The molecule has 0 unspecified atom stereocenters. The van der Waals surface area contributed by atoms with Gasteiger partial charge >= 0.3 is 5.69 Å². The summed E-state index contributed by atoms with van der Waals surface area (Å²) in [4.78, 5) is 23.0. The van der Waals surface area contributed by atoms with Gasteiger partial charge in [0.25, 0.3) is 5.56 Å². The third-order valence-corrected chi connectivity index (χ3v) is 2.33. The summed E-state index contributed by atoms with van der Waals surface area (Å²) in [7, 11) is 2.99. The maximum absolute atomic E-state index is 11.6. The van der Waals surface area contributed by atoms with Crippen LogP contribution >= 0.6 is 0 Å². The summed E-state index contributed by atoms with van der Waals surface area (Å²) in [6, 6.07) is 1.91. The second kappa shape index (κ2) is 3.50. The molecule has 0 N–H and O–H groups in total. The molecule has 0 saturated heterocycles. The SMILES string of the molecule is Cc1c(CC#N)c(=O)n(C)c(=O)n1C. The summed E-state index contributed by atoms with van der Waals surface area (Å²) in [6.45, 7) is 1.66. The van der Waals surface area contributed by atoms with Crippen LogP contribution in [0.1, 0.15) is 11.3 Å². The van der Waals surface area contributed by atoms with E-state index in [-0.39, 0.29) is 17.7 Å². The quantitative estimate of drug-likeness (QED) is 0.601. The number of hydrogen-bond donors (Lipinski definition) is 0. The van der Waals surface area contributed by atoms with Crippen molar-refractivity contribution in [1.29, 1.82) is 5.26 Å². The molecule has 0 fully saturated rings. The molecular formula is C9H11N3O2. The van der Waals surface area contributed by atoms with Crippen LogP contribution in [0, 0.1) is 18.3 Å². The molecule has 0 aliphatic carbocycles. The van der Waals surface area contributed by atoms with E-state index >= 15 is 0 Å². The summed E-state index contributed by atoms with van der Waals surface area (Å²) >= 11 is 0. The average Bonchev–Trinajstić information content (AvgIpc) is 2.19. The molecule has 1 aromatic heterocycles. The summed E-state index contributed by atoms with van der Waals surface area (Å²) in [5, 5.41) is 8.53. The van der Waals surface area contributed by atoms with Crippen LogP contribution in [0.4, 0.5) is 0 Å². The van der Waals surface area contributed by atoms with Gasteiger partial charge in [0.05, 0.1) is 18.1 Å². The molecule has 5 nitrogen and oxygen atoms in total. The van der Waals surface area contributed by atoms with E-state index in [1.165, 1.54) is 11.6 Å². The molecular weight excluding hydrogens is 182 g/mol. The number of nitrogens with zero attached hydrogens (tertiary/aromatic N) is 3. The Balaban J connectivity index is 3.71. The minimum absolute atomic E-state index is 0.0344. The smallest absolute Gasteiger partial charge is 0.301 e. The molecule has 5 heteroatoms. The molecule has 0 spiro atoms. The number of hydrogen-bond acceptors (Lipinski definition) is 3. The lowest BCUT2D eigenvalue weighted by Gasteiger charge is -2.09. The van der Waals surface area contributed by atoms with Crippen LogP contribution in [-0.4, -0.2) is 9.13 Å². The van der Waals surface area contributed by atoms with Gasteiger partial charge in [-0.15, -0.1) is 0 Å². The molecule has 0 amide bonds. The molecule has 0 saturated carbocycles. The summed E-state index contributed by atoms with van der Waals surface area (Å²) in [6.07, 6.45) is 0.0344. The molecule has 74 valence electrons. The van der Waals surface area contributed by atoms with Crippen LogP contribution in [0.15, 0.2) is 9.59 Å². The largest absolute Gasteiger partial charge is 0.330 e. The van der Waals surface area contributed by atoms with Gasteiger partial charge in [-0.2, -0.15) is 5.26 Å². The second-order valence-electron chi connectivity index (χ2n) is 3.10. The lowest BCUT2D eigenvalue weighted by atomic mass is 10.2. The number of rotatable bonds is 1. The first-order valence-electron chi connectivity index (χ1n) is 4.13. The third-order valence-electron chi connectivity index (χ3n) is 2.33. The highest BCUT2D eigenvalue weighted by Crippen LogP contribution is 1.98. The zero-order valence-electron chi connectivity index (χ0n) is 8.37. The maximum Gasteiger partial charge on any atom is 0.330 e. The predicted octanol–water partition coefficient (Wildman–Crippen LogP) is -0.542. The first-order valence-corrected chi connectivity index (χ1v) is 4.13. The molecule has 0 aliphatic rings. The van der Waals surface area contributed by atoms with Gasteiger partial charge in [0.1, 0.15) is 0 Å². The number of aromatic nitrogens is 2. The Morgan fingerprint density at radius 2 is 1.86 bits per heavy atom. The van der Waals surface area contributed by atoms with Crippen molar-refractivity contribution in [3.05, 3.63) is 32.1 Å². The minimum Gasteiger partial charge on any atom is -0.301 e. The van der Waals surface area contributed by atoms with Crippen LogP contribution in [0.5, 0.6) is 0 Å². The monoisotopic (exact) mass is 193 g/mol. The highest BCUT2D eigenvalue weighted by molar-refractivity contribution is 5.20. The molecule has 1 heterocycles. The maximum atomic E-state index is 11.6. The third kappa shape index (κ3) is 1.35. The van der Waals surface area contributed by atoms with Gasteiger partial charge in [-0.25, -0.2) is 4.79 Å². The van der Waals surface area contributed by atoms with E-state index < -0.39 is 0 Å². The molecule has 1 aromatic rings. The standard InChI is InChI=1S/C9H11N3O2/c1-6-7(4-5-10)8(13)12(3)9(14)11(6)2/h4H2,1-3H3. The molecule has 1 rings (SSSR count). The van der Waals surface area contributed by atoms with E-state index in [4.69, 9.17) is 5.26 Å². The fraction of sp³-hybridized carbons (Fsp3) is 0.444. The Morgan fingerprint density at radius 1 is 1.29 bits per heavy atom. The van der Waals surface area contributed by atoms with Crippen LogP contribution in [0.2, 0.25) is 0 Å². The van der Waals surface area contributed by atoms with Crippen LogP contribution in [0.25, 0.3) is 0 Å². The first kappa shape index (κ1) is 10.3. The van der Waals surface area contributed by atoms with Gasteiger partial charge in [0.15, 0.2) is 0 Å². The summed E-state index contributed by atoms with van der Waals surface area (Å²) in [5.41, 5.74) is 0.193. The zero-order valence-corrected chi connectivity index (χ0v) is 8.37. The van der Waals surface area contributed by atoms with Crippen LogP contribution in [-0.2, 0) is 20.5 Å². The van der Waals surface area contributed by atoms with E-state index in [0.29, 0.717) is 11.3 Å². The normalized spacial score (nSPS) is 9.86. The Bertz CT molecular complexity index is 517. The van der Waals surface area contributed by atoms with Gasteiger partial charge in [-0.05, 0) is 6.92 Å². The average molecular weight is 193 g/mol. The minimum atomic E-state index is -0.382. The summed E-state index contributed by atoms with van der Waals surface area (Å²) in [5.74, 6) is 0. The van der Waals surface area contributed by atoms with Gasteiger partial charge in [0.2, 0.25) is 0 Å². The van der Waals surface area contributed by atoms with E-state index in [1.54, 1.807) is 14.0 Å². The Kier molecular flexibility index (Phi) is 2.56. The van der Waals surface area contributed by atoms with Crippen LogP contribution < -0.4 is 11.2 Å². The Hall–Kier alpha value is -1.83. The van der Waals surface area contributed by atoms with Crippen molar-refractivity contribution in [2.24, 2.45) is 14.1 Å². The molecule has 0 aliphatic heterocycles. The highest BCUT2D eigenvalue weighted by Gasteiger charge is 2.10. The van der Waals surface area contributed by atoms with E-state index in [9.17, 15) is 9.59 Å². The van der Waals surface area contributed by atoms with Crippen molar-refractivity contribution in [3.63, 3.8) is 0 Å². The second-order valence-corrected chi connectivity index (χ2v) is 3.10. The molecule has 0 aromatic carbocycles. The molecule has 0 atom stereocenters. The fourth-order valence-electron chi connectivity index (χ4n) is 1.30. The lowest BCUT2D eigenvalue weighted by Crippen LogP contribution is -2.40. The van der Waals surface area contributed by atoms with Gasteiger partial charge < -0.3 is 4.57 Å². The Morgan fingerprint density at radius 3 is 2.36 bits per heavy atom. The van der Waals surface area contributed by atoms with Crippen molar-refractivity contribution in [2.45, 2.75) is 13.3 Å². The summed E-state index contributed by atoms with van der Waals surface area (Å²) < 4.78 is 2.38. The Labute approximate surface area is 80.8 Å². The predicted molar refractivity (Wildman–Crippen MR) is 51.0 cm³/mol. The fourth-order valence-corrected chi connectivity index (χ4v) is 1.30. The van der Waals surface area contributed by atoms with E-state index in [2.05, 4.69) is 0 Å². The van der Waals surface area contributed by atoms with E-state index in [0.717, 1.165) is 4.57 Å². The van der Waals surface area contributed by atoms with Crippen LogP contribution in [0.3, 0.4) is 0 Å². The lowest BCUT2D eigenvalue weighted by molar-refractivity contribution is 0.654. The van der Waals surface area contributed by atoms with Gasteiger partial charge in [0, 0.05) is 19.8 Å². The number of nitriles is 1. The van der Waals surface area contributed by atoms with Gasteiger partial charge in [-0.3, -0.25) is 9.36 Å². The van der Waals surface area contributed by atoms with Crippen molar-refractivity contribution < 1.29 is 0 Å². The van der Waals surface area contributed by atoms with Crippen molar-refractivity contribution in [3.8, 4) is 6.07 Å². The molecule has 0 radical (unpaired) electrons. The topological polar surface area (TPSA) is 67.8 Å². The van der Waals surface area contributed by atoms with Crippen molar-refractivity contribution in [2.75, 3.05) is 0 Å². The first-order chi connectivity index (χ1) is 6.50. The highest BCUT2D eigenvalue weighted by atomic mass is 16.2. The van der Waals surface area contributed by atoms with E-state index in [1.807, 2.05) is 6.07 Å².